The molecule has 2 rings (SSSR count). The molecule has 3 N–H and O–H groups in total. The number of hydrogen-bond donors (Lipinski definition) is 2. The van der Waals surface area contributed by atoms with Crippen molar-refractivity contribution < 1.29 is 12.8 Å². The van der Waals surface area contributed by atoms with E-state index in [0.29, 0.717) is 17.7 Å². The van der Waals surface area contributed by atoms with E-state index in [2.05, 4.69) is 4.72 Å². The first-order valence-corrected chi connectivity index (χ1v) is 7.97. The van der Waals surface area contributed by atoms with Crippen LogP contribution in [0.4, 0.5) is 10.1 Å². The van der Waals surface area contributed by atoms with Crippen molar-refractivity contribution in [3.8, 4) is 0 Å². The summed E-state index contributed by atoms with van der Waals surface area (Å²) in [7, 11) is -3.59. The summed E-state index contributed by atoms with van der Waals surface area (Å²) in [6.07, 6.45) is 0.422. The van der Waals surface area contributed by atoms with Crippen molar-refractivity contribution in [2.75, 3.05) is 12.3 Å². The fraction of sp³-hybridized carbons (Fsp3) is 0.200. The highest BCUT2D eigenvalue weighted by Gasteiger charge is 2.16. The fourth-order valence-corrected chi connectivity index (χ4v) is 3.33. The molecule has 0 unspecified atom stereocenters. The van der Waals surface area contributed by atoms with Crippen LogP contribution in [-0.2, 0) is 16.4 Å². The van der Waals surface area contributed by atoms with Crippen LogP contribution in [0.15, 0.2) is 47.4 Å². The van der Waals surface area contributed by atoms with Crippen molar-refractivity contribution >= 4 is 15.7 Å². The summed E-state index contributed by atoms with van der Waals surface area (Å²) in [6.45, 7) is 1.90. The summed E-state index contributed by atoms with van der Waals surface area (Å²) >= 11 is 0. The molecule has 2 aromatic carbocycles. The standard InChI is InChI=1S/C15H17FN2O2S/c1-11-9-14(17)5-6-15(11)21(19,20)18-8-7-12-3-2-4-13(16)10-12/h2-6,9-10,18H,7-8,17H2,1H3. The molecule has 0 radical (unpaired) electrons. The van der Waals surface area contributed by atoms with E-state index in [1.165, 1.54) is 18.2 Å². The first-order valence-electron chi connectivity index (χ1n) is 6.49. The van der Waals surface area contributed by atoms with Crippen molar-refractivity contribution in [2.24, 2.45) is 0 Å². The van der Waals surface area contributed by atoms with Gasteiger partial charge in [0.25, 0.3) is 0 Å². The van der Waals surface area contributed by atoms with Gasteiger partial charge in [-0.05, 0) is 54.8 Å². The normalized spacial score (nSPS) is 11.5. The predicted octanol–water partition coefficient (Wildman–Crippen LogP) is 2.24. The smallest absolute Gasteiger partial charge is 0.240 e. The molecule has 0 heterocycles. The molecule has 0 aliphatic carbocycles. The van der Waals surface area contributed by atoms with Crippen molar-refractivity contribution in [3.63, 3.8) is 0 Å². The maximum absolute atomic E-state index is 13.0. The van der Waals surface area contributed by atoms with Gasteiger partial charge in [0.15, 0.2) is 0 Å². The zero-order valence-corrected chi connectivity index (χ0v) is 12.5. The Morgan fingerprint density at radius 2 is 1.95 bits per heavy atom. The Hall–Kier alpha value is -1.92. The van der Waals surface area contributed by atoms with Gasteiger partial charge in [0.1, 0.15) is 5.82 Å². The Balaban J connectivity index is 2.05. The second-order valence-corrected chi connectivity index (χ2v) is 6.54. The number of halogens is 1. The van der Waals surface area contributed by atoms with Crippen LogP contribution in [0.2, 0.25) is 0 Å². The molecule has 21 heavy (non-hydrogen) atoms. The molecular formula is C15H17FN2O2S. The van der Waals surface area contributed by atoms with Crippen LogP contribution in [0, 0.1) is 12.7 Å². The minimum atomic E-state index is -3.59. The SMILES string of the molecule is Cc1cc(N)ccc1S(=O)(=O)NCCc1cccc(F)c1. The third-order valence-electron chi connectivity index (χ3n) is 3.08. The highest BCUT2D eigenvalue weighted by molar-refractivity contribution is 7.89. The van der Waals surface area contributed by atoms with Crippen LogP contribution >= 0.6 is 0 Å². The largest absolute Gasteiger partial charge is 0.399 e. The van der Waals surface area contributed by atoms with Gasteiger partial charge in [-0.1, -0.05) is 12.1 Å². The first-order chi connectivity index (χ1) is 9.88. The molecule has 0 fully saturated rings. The number of nitrogens with one attached hydrogen (secondary N) is 1. The maximum atomic E-state index is 13.0. The van der Waals surface area contributed by atoms with Crippen LogP contribution < -0.4 is 10.5 Å². The van der Waals surface area contributed by atoms with E-state index in [-0.39, 0.29) is 17.3 Å². The molecular weight excluding hydrogens is 291 g/mol. The molecule has 0 aliphatic heterocycles. The second-order valence-electron chi connectivity index (χ2n) is 4.80. The van der Waals surface area contributed by atoms with Crippen molar-refractivity contribution in [2.45, 2.75) is 18.2 Å². The number of sulfonamides is 1. The Morgan fingerprint density at radius 1 is 1.19 bits per heavy atom. The zero-order valence-electron chi connectivity index (χ0n) is 11.6. The summed E-state index contributed by atoms with van der Waals surface area (Å²) in [6, 6.07) is 10.7. The van der Waals surface area contributed by atoms with Crippen LogP contribution in [0.25, 0.3) is 0 Å². The van der Waals surface area contributed by atoms with Crippen molar-refractivity contribution in [1.29, 1.82) is 0 Å². The number of nitrogens with two attached hydrogens (primary N) is 1. The van der Waals surface area contributed by atoms with Gasteiger partial charge in [-0.15, -0.1) is 0 Å². The van der Waals surface area contributed by atoms with Crippen LogP contribution in [0.1, 0.15) is 11.1 Å². The average molecular weight is 308 g/mol. The van der Waals surface area contributed by atoms with Gasteiger partial charge >= 0.3 is 0 Å². The average Bonchev–Trinajstić information content (AvgIpc) is 2.38. The van der Waals surface area contributed by atoms with Crippen molar-refractivity contribution in [1.82, 2.24) is 4.72 Å². The molecule has 6 heteroatoms. The number of benzene rings is 2. The van der Waals surface area contributed by atoms with E-state index >= 15 is 0 Å². The van der Waals surface area contributed by atoms with E-state index in [4.69, 9.17) is 5.73 Å². The number of aryl methyl sites for hydroxylation is 1. The molecule has 2 aromatic rings. The molecule has 0 aromatic heterocycles. The number of nitrogen functional groups attached to an aromatic ring is 1. The lowest BCUT2D eigenvalue weighted by molar-refractivity contribution is 0.581. The first kappa shape index (κ1) is 15.5. The second kappa shape index (κ2) is 6.24. The van der Waals surface area contributed by atoms with E-state index < -0.39 is 10.0 Å². The Bertz CT molecular complexity index is 745. The number of anilines is 1. The maximum Gasteiger partial charge on any atom is 0.240 e. The third kappa shape index (κ3) is 4.03. The summed E-state index contributed by atoms with van der Waals surface area (Å²) < 4.78 is 39.9. The van der Waals surface area contributed by atoms with Crippen molar-refractivity contribution in [3.05, 3.63) is 59.4 Å². The summed E-state index contributed by atoms with van der Waals surface area (Å²) in [5.41, 5.74) is 7.46. The monoisotopic (exact) mass is 308 g/mol. The van der Waals surface area contributed by atoms with Crippen LogP contribution in [0.5, 0.6) is 0 Å². The van der Waals surface area contributed by atoms with Gasteiger partial charge in [0.2, 0.25) is 10.0 Å². The minimum absolute atomic E-state index is 0.204. The van der Waals surface area contributed by atoms with Gasteiger partial charge in [0, 0.05) is 12.2 Å². The Labute approximate surface area is 123 Å². The molecule has 112 valence electrons. The molecule has 0 spiro atoms. The highest BCUT2D eigenvalue weighted by atomic mass is 32.2. The molecule has 4 nitrogen and oxygen atoms in total. The van der Waals surface area contributed by atoms with E-state index in [1.807, 2.05) is 0 Å². The summed E-state index contributed by atoms with van der Waals surface area (Å²) in [4.78, 5) is 0.205. The van der Waals surface area contributed by atoms with E-state index in [9.17, 15) is 12.8 Å². The summed E-state index contributed by atoms with van der Waals surface area (Å²) in [5.74, 6) is -0.329. The van der Waals surface area contributed by atoms with E-state index in [1.54, 1.807) is 31.2 Å². The van der Waals surface area contributed by atoms with Gasteiger partial charge in [-0.2, -0.15) is 0 Å². The summed E-state index contributed by atoms with van der Waals surface area (Å²) in [5, 5.41) is 0. The van der Waals surface area contributed by atoms with Gasteiger partial charge in [0.05, 0.1) is 4.90 Å². The lowest BCUT2D eigenvalue weighted by atomic mass is 10.1. The van der Waals surface area contributed by atoms with Gasteiger partial charge in [-0.25, -0.2) is 17.5 Å². The molecule has 0 saturated heterocycles. The lowest BCUT2D eigenvalue weighted by Gasteiger charge is -2.10. The molecule has 0 bridgehead atoms. The zero-order chi connectivity index (χ0) is 15.5. The van der Waals surface area contributed by atoms with Crippen LogP contribution in [0.3, 0.4) is 0 Å². The molecule has 0 atom stereocenters. The topological polar surface area (TPSA) is 72.2 Å². The Kier molecular flexibility index (Phi) is 4.59. The number of rotatable bonds is 5. The molecule has 0 aliphatic rings. The molecule has 0 saturated carbocycles. The van der Waals surface area contributed by atoms with E-state index in [0.717, 1.165) is 5.56 Å². The molecule has 0 amide bonds. The van der Waals surface area contributed by atoms with Gasteiger partial charge < -0.3 is 5.73 Å². The Morgan fingerprint density at radius 3 is 2.62 bits per heavy atom. The fourth-order valence-electron chi connectivity index (χ4n) is 2.07. The quantitative estimate of drug-likeness (QED) is 0.832. The highest BCUT2D eigenvalue weighted by Crippen LogP contribution is 2.17. The lowest BCUT2D eigenvalue weighted by Crippen LogP contribution is -2.26. The third-order valence-corrected chi connectivity index (χ3v) is 4.70. The van der Waals surface area contributed by atoms with Gasteiger partial charge in [-0.3, -0.25) is 0 Å². The number of hydrogen-bond acceptors (Lipinski definition) is 3. The predicted molar refractivity (Wildman–Crippen MR) is 80.9 cm³/mol. The van der Waals surface area contributed by atoms with Crippen LogP contribution in [-0.4, -0.2) is 15.0 Å². The minimum Gasteiger partial charge on any atom is -0.399 e.